The Bertz CT molecular complexity index is 578. The molecule has 0 aromatic heterocycles. The van der Waals surface area contributed by atoms with E-state index in [-0.39, 0.29) is 18.6 Å². The average molecular weight is 337 g/mol. The molecule has 2 aliphatic heterocycles. The molecule has 7 heteroatoms. The normalized spacial score (nSPS) is 36.6. The predicted molar refractivity (Wildman–Crippen MR) is 85.9 cm³/mol. The molecule has 3 N–H and O–H groups in total. The summed E-state index contributed by atoms with van der Waals surface area (Å²) in [5, 5.41) is 30.4. The molecule has 0 bridgehead atoms. The lowest BCUT2D eigenvalue weighted by atomic mass is 9.97. The van der Waals surface area contributed by atoms with Crippen LogP contribution in [0.2, 0.25) is 0 Å². The zero-order valence-electron chi connectivity index (χ0n) is 13.5. The van der Waals surface area contributed by atoms with E-state index in [1.807, 2.05) is 6.92 Å². The van der Waals surface area contributed by atoms with Gasteiger partial charge in [0.05, 0.1) is 6.61 Å². The molecule has 0 saturated carbocycles. The molecule has 7 nitrogen and oxygen atoms in total. The van der Waals surface area contributed by atoms with Crippen molar-refractivity contribution in [3.8, 4) is 5.75 Å². The number of benzene rings is 1. The van der Waals surface area contributed by atoms with Crippen molar-refractivity contribution < 1.29 is 29.5 Å². The van der Waals surface area contributed by atoms with Crippen molar-refractivity contribution in [1.82, 2.24) is 0 Å². The minimum absolute atomic E-state index is 0.0803. The molecule has 0 spiro atoms. The van der Waals surface area contributed by atoms with Crippen molar-refractivity contribution in [1.29, 1.82) is 0 Å². The van der Waals surface area contributed by atoms with Gasteiger partial charge >= 0.3 is 0 Å². The Kier molecular flexibility index (Phi) is 5.47. The highest BCUT2D eigenvalue weighted by molar-refractivity contribution is 5.83. The van der Waals surface area contributed by atoms with Gasteiger partial charge in [-0.05, 0) is 18.6 Å². The average Bonchev–Trinajstić information content (AvgIpc) is 2.59. The Morgan fingerprint density at radius 3 is 2.75 bits per heavy atom. The van der Waals surface area contributed by atoms with E-state index in [1.54, 1.807) is 24.3 Å². The molecule has 2 fully saturated rings. The van der Waals surface area contributed by atoms with E-state index < -0.39 is 30.6 Å². The summed E-state index contributed by atoms with van der Waals surface area (Å²) in [7, 11) is 0. The van der Waals surface area contributed by atoms with Crippen molar-refractivity contribution in [3.05, 3.63) is 29.8 Å². The molecule has 1 unspecified atom stereocenters. The summed E-state index contributed by atoms with van der Waals surface area (Å²) in [6.07, 6.45) is -1.76. The Morgan fingerprint density at radius 1 is 1.21 bits per heavy atom. The van der Waals surface area contributed by atoms with Crippen LogP contribution in [0.4, 0.5) is 0 Å². The number of para-hydroxylation sites is 1. The minimum Gasteiger partial charge on any atom is -0.507 e. The van der Waals surface area contributed by atoms with Crippen LogP contribution in [-0.4, -0.2) is 65.1 Å². The van der Waals surface area contributed by atoms with E-state index in [0.29, 0.717) is 5.56 Å². The molecule has 2 saturated heterocycles. The van der Waals surface area contributed by atoms with Gasteiger partial charge in [0.15, 0.2) is 12.5 Å². The van der Waals surface area contributed by atoms with Crippen LogP contribution < -0.4 is 0 Å². The molecule has 2 aliphatic rings. The Labute approximate surface area is 140 Å². The molecule has 6 atom stereocenters. The fourth-order valence-corrected chi connectivity index (χ4v) is 2.90. The summed E-state index contributed by atoms with van der Waals surface area (Å²) in [5.41, 5.74) is 0.504. The van der Waals surface area contributed by atoms with Gasteiger partial charge in [0.1, 0.15) is 30.2 Å². The summed E-state index contributed by atoms with van der Waals surface area (Å²) >= 11 is 0. The van der Waals surface area contributed by atoms with Crippen LogP contribution in [0.5, 0.6) is 5.75 Å². The summed E-state index contributed by atoms with van der Waals surface area (Å²) in [5.74, 6) is 0.0803. The summed E-state index contributed by atoms with van der Waals surface area (Å²) in [6.45, 7) is 2.30. The number of aliphatic hydroxyl groups is 2. The van der Waals surface area contributed by atoms with Crippen molar-refractivity contribution in [2.45, 2.75) is 56.7 Å². The molecular formula is C17H23NO6. The van der Waals surface area contributed by atoms with Gasteiger partial charge < -0.3 is 29.5 Å². The number of hydrogen-bond acceptors (Lipinski definition) is 7. The van der Waals surface area contributed by atoms with E-state index in [4.69, 9.17) is 14.2 Å². The first-order chi connectivity index (χ1) is 11.6. The lowest BCUT2D eigenvalue weighted by Crippen LogP contribution is -2.62. The van der Waals surface area contributed by atoms with Gasteiger partial charge in [-0.2, -0.15) is 0 Å². The number of aromatic hydroxyl groups is 1. The molecule has 2 heterocycles. The molecule has 0 amide bonds. The molecular weight excluding hydrogens is 314 g/mol. The van der Waals surface area contributed by atoms with Crippen LogP contribution in [0.3, 0.4) is 0 Å². The zero-order valence-corrected chi connectivity index (χ0v) is 13.5. The van der Waals surface area contributed by atoms with Gasteiger partial charge in [-0.15, -0.1) is 0 Å². The number of aliphatic imine (C=N–C) groups is 1. The number of fused-ring (bicyclic) bond motifs is 1. The SMILES string of the molecule is CCCC1OC[C@H]2O[C@@H](/N=C/c3ccccc3O)[C@H](O)[C@@H](O)[C@@H]2O1. The maximum atomic E-state index is 10.3. The molecule has 3 rings (SSSR count). The number of nitrogens with zero attached hydrogens (tertiary/aromatic N) is 1. The van der Waals surface area contributed by atoms with Crippen LogP contribution in [0.15, 0.2) is 29.3 Å². The molecule has 1 aromatic carbocycles. The maximum Gasteiger partial charge on any atom is 0.177 e. The topological polar surface area (TPSA) is 101 Å². The van der Waals surface area contributed by atoms with E-state index >= 15 is 0 Å². The van der Waals surface area contributed by atoms with E-state index in [2.05, 4.69) is 4.99 Å². The van der Waals surface area contributed by atoms with Gasteiger partial charge in [-0.1, -0.05) is 25.5 Å². The number of phenolic OH excluding ortho intramolecular Hbond substituents is 1. The number of phenols is 1. The second-order valence-electron chi connectivity index (χ2n) is 6.04. The number of rotatable bonds is 4. The second kappa shape index (κ2) is 7.58. The highest BCUT2D eigenvalue weighted by Crippen LogP contribution is 2.30. The first-order valence-corrected chi connectivity index (χ1v) is 8.20. The van der Waals surface area contributed by atoms with Crippen molar-refractivity contribution in [2.24, 2.45) is 4.99 Å². The summed E-state index contributed by atoms with van der Waals surface area (Å²) in [6, 6.07) is 6.70. The third kappa shape index (κ3) is 3.60. The lowest BCUT2D eigenvalue weighted by Gasteiger charge is -2.45. The first-order valence-electron chi connectivity index (χ1n) is 8.20. The second-order valence-corrected chi connectivity index (χ2v) is 6.04. The number of hydrogen-bond donors (Lipinski definition) is 3. The predicted octanol–water partition coefficient (Wildman–Crippen LogP) is 0.799. The van der Waals surface area contributed by atoms with Crippen LogP contribution >= 0.6 is 0 Å². The Morgan fingerprint density at radius 2 is 2.00 bits per heavy atom. The molecule has 1 aromatic rings. The summed E-state index contributed by atoms with van der Waals surface area (Å²) in [4.78, 5) is 4.16. The van der Waals surface area contributed by atoms with E-state index in [1.165, 1.54) is 6.21 Å². The monoisotopic (exact) mass is 337 g/mol. The first kappa shape index (κ1) is 17.3. The largest absolute Gasteiger partial charge is 0.507 e. The fraction of sp³-hybridized carbons (Fsp3) is 0.588. The third-order valence-electron chi connectivity index (χ3n) is 4.24. The molecule has 0 radical (unpaired) electrons. The third-order valence-corrected chi connectivity index (χ3v) is 4.24. The Hall–Kier alpha value is -1.51. The van der Waals surface area contributed by atoms with Crippen molar-refractivity contribution in [3.63, 3.8) is 0 Å². The molecule has 0 aliphatic carbocycles. The highest BCUT2D eigenvalue weighted by atomic mass is 16.7. The van der Waals surface area contributed by atoms with E-state index in [0.717, 1.165) is 12.8 Å². The van der Waals surface area contributed by atoms with Crippen LogP contribution in [0, 0.1) is 0 Å². The van der Waals surface area contributed by atoms with E-state index in [9.17, 15) is 15.3 Å². The van der Waals surface area contributed by atoms with Gasteiger partial charge in [-0.3, -0.25) is 4.99 Å². The van der Waals surface area contributed by atoms with Crippen LogP contribution in [-0.2, 0) is 14.2 Å². The van der Waals surface area contributed by atoms with Crippen molar-refractivity contribution in [2.75, 3.05) is 6.61 Å². The standard InChI is InChI=1S/C17H23NO6/c1-2-5-13-22-9-12-16(24-13)14(20)15(21)17(23-12)18-8-10-6-3-4-7-11(10)19/h3-4,6-8,12-17,19-21H,2,5,9H2,1H3/b18-8+/t12-,13?,14-,15-,16-,17-/m1/s1. The van der Waals surface area contributed by atoms with Gasteiger partial charge in [-0.25, -0.2) is 0 Å². The number of aliphatic hydroxyl groups excluding tert-OH is 2. The van der Waals surface area contributed by atoms with Gasteiger partial charge in [0, 0.05) is 11.8 Å². The summed E-state index contributed by atoms with van der Waals surface area (Å²) < 4.78 is 17.0. The highest BCUT2D eigenvalue weighted by Gasteiger charge is 2.48. The Balaban J connectivity index is 1.69. The van der Waals surface area contributed by atoms with Crippen LogP contribution in [0.1, 0.15) is 25.3 Å². The van der Waals surface area contributed by atoms with Crippen molar-refractivity contribution >= 4 is 6.21 Å². The van der Waals surface area contributed by atoms with Gasteiger partial charge in [0.2, 0.25) is 0 Å². The zero-order chi connectivity index (χ0) is 17.1. The lowest BCUT2D eigenvalue weighted by molar-refractivity contribution is -0.324. The molecule has 24 heavy (non-hydrogen) atoms. The minimum atomic E-state index is -1.21. The van der Waals surface area contributed by atoms with Crippen LogP contribution in [0.25, 0.3) is 0 Å². The fourth-order valence-electron chi connectivity index (χ4n) is 2.90. The quantitative estimate of drug-likeness (QED) is 0.703. The maximum absolute atomic E-state index is 10.3. The smallest absolute Gasteiger partial charge is 0.177 e. The molecule has 132 valence electrons. The number of ether oxygens (including phenoxy) is 3. The van der Waals surface area contributed by atoms with Gasteiger partial charge in [0.25, 0.3) is 0 Å².